The fourth-order valence-corrected chi connectivity index (χ4v) is 5.55. The molecule has 1 saturated heterocycles. The molecule has 2 N–H and O–H groups in total. The molecule has 8 nitrogen and oxygen atoms in total. The molecule has 0 aromatic carbocycles. The van der Waals surface area contributed by atoms with Gasteiger partial charge in [-0.3, -0.25) is 9.59 Å². The molecule has 0 bridgehead atoms. The first kappa shape index (κ1) is 23.8. The van der Waals surface area contributed by atoms with Crippen LogP contribution in [-0.4, -0.2) is 67.1 Å². The summed E-state index contributed by atoms with van der Waals surface area (Å²) in [6.07, 6.45) is 13.2. The maximum absolute atomic E-state index is 12.9. The summed E-state index contributed by atoms with van der Waals surface area (Å²) in [6, 6.07) is 1.50. The van der Waals surface area contributed by atoms with E-state index < -0.39 is 10.0 Å². The van der Waals surface area contributed by atoms with Gasteiger partial charge in [0.05, 0.1) is 6.54 Å². The van der Waals surface area contributed by atoms with Gasteiger partial charge in [-0.15, -0.1) is 0 Å². The van der Waals surface area contributed by atoms with Crippen LogP contribution in [0.2, 0.25) is 0 Å². The molecule has 1 aliphatic heterocycles. The second-order valence-electron chi connectivity index (χ2n) is 8.83. The number of hydrogen-bond acceptors (Lipinski definition) is 4. The zero-order chi connectivity index (χ0) is 22.3. The standard InChI is InChI=1S/C22H36N4O4S/c1-25(17-21(27)24-18-11-7-3-2-4-8-12-18)31(29,30)19-15-20(23-16-19)22(28)26-13-9-5-6-10-14-26/h15-16,18,23H,2-14,17H2,1H3,(H,24,27). The van der Waals surface area contributed by atoms with Crippen molar-refractivity contribution in [2.45, 2.75) is 81.6 Å². The van der Waals surface area contributed by atoms with Crippen molar-refractivity contribution >= 4 is 21.8 Å². The summed E-state index contributed by atoms with van der Waals surface area (Å²) in [4.78, 5) is 29.8. The highest BCUT2D eigenvalue weighted by Gasteiger charge is 2.27. The molecule has 2 heterocycles. The highest BCUT2D eigenvalue weighted by Crippen LogP contribution is 2.19. The van der Waals surface area contributed by atoms with Gasteiger partial charge in [-0.2, -0.15) is 4.31 Å². The molecule has 0 spiro atoms. The number of aromatic amines is 1. The number of H-pyrrole nitrogens is 1. The summed E-state index contributed by atoms with van der Waals surface area (Å²) >= 11 is 0. The summed E-state index contributed by atoms with van der Waals surface area (Å²) in [5.74, 6) is -0.457. The topological polar surface area (TPSA) is 103 Å². The Morgan fingerprint density at radius 3 is 2.26 bits per heavy atom. The van der Waals surface area contributed by atoms with Crippen molar-refractivity contribution in [1.29, 1.82) is 0 Å². The van der Waals surface area contributed by atoms with Crippen molar-refractivity contribution in [2.75, 3.05) is 26.7 Å². The zero-order valence-corrected chi connectivity index (χ0v) is 19.4. The van der Waals surface area contributed by atoms with Crippen molar-refractivity contribution in [3.05, 3.63) is 18.0 Å². The number of carbonyl (C=O) groups excluding carboxylic acids is 2. The molecule has 0 unspecified atom stereocenters. The summed E-state index contributed by atoms with van der Waals surface area (Å²) in [5, 5.41) is 3.00. The van der Waals surface area contributed by atoms with E-state index in [2.05, 4.69) is 10.3 Å². The van der Waals surface area contributed by atoms with Gasteiger partial charge in [0.2, 0.25) is 15.9 Å². The largest absolute Gasteiger partial charge is 0.356 e. The lowest BCUT2D eigenvalue weighted by molar-refractivity contribution is -0.122. The molecule has 3 rings (SSSR count). The van der Waals surface area contributed by atoms with Gasteiger partial charge in [0, 0.05) is 32.4 Å². The lowest BCUT2D eigenvalue weighted by atomic mass is 9.97. The highest BCUT2D eigenvalue weighted by molar-refractivity contribution is 7.89. The first-order chi connectivity index (χ1) is 14.9. The smallest absolute Gasteiger partial charge is 0.270 e. The fraction of sp³-hybridized carbons (Fsp3) is 0.727. The third-order valence-corrected chi connectivity index (χ3v) is 8.11. The third-order valence-electron chi connectivity index (χ3n) is 6.32. The van der Waals surface area contributed by atoms with Crippen molar-refractivity contribution < 1.29 is 18.0 Å². The van der Waals surface area contributed by atoms with Crippen molar-refractivity contribution in [2.24, 2.45) is 0 Å². The van der Waals surface area contributed by atoms with Gasteiger partial charge in [-0.25, -0.2) is 8.42 Å². The number of hydrogen-bond donors (Lipinski definition) is 2. The molecular formula is C22H36N4O4S. The van der Waals surface area contributed by atoms with Gasteiger partial charge in [0.15, 0.2) is 0 Å². The Bertz CT molecular complexity index is 835. The number of amides is 2. The van der Waals surface area contributed by atoms with Crippen molar-refractivity contribution in [3.63, 3.8) is 0 Å². The van der Waals surface area contributed by atoms with Gasteiger partial charge < -0.3 is 15.2 Å². The third kappa shape index (κ3) is 6.55. The number of rotatable bonds is 6. The van der Waals surface area contributed by atoms with Crippen LogP contribution in [-0.2, 0) is 14.8 Å². The number of carbonyl (C=O) groups is 2. The van der Waals surface area contributed by atoms with E-state index in [9.17, 15) is 18.0 Å². The minimum absolute atomic E-state index is 0.00641. The van der Waals surface area contributed by atoms with E-state index in [1.165, 1.54) is 38.6 Å². The zero-order valence-electron chi connectivity index (χ0n) is 18.6. The van der Waals surface area contributed by atoms with Gasteiger partial charge in [0.25, 0.3) is 5.91 Å². The lowest BCUT2D eigenvalue weighted by Crippen LogP contribution is -2.42. The van der Waals surface area contributed by atoms with E-state index in [-0.39, 0.29) is 35.0 Å². The Kier molecular flexibility index (Phi) is 8.54. The number of likely N-dealkylation sites (tertiary alicyclic amines) is 1. The van der Waals surface area contributed by atoms with Crippen LogP contribution in [0.25, 0.3) is 0 Å². The number of nitrogens with one attached hydrogen (secondary N) is 2. The molecule has 1 saturated carbocycles. The second-order valence-corrected chi connectivity index (χ2v) is 10.9. The molecule has 9 heteroatoms. The average molecular weight is 453 g/mol. The average Bonchev–Trinajstić information content (AvgIpc) is 3.06. The molecule has 1 aromatic heterocycles. The molecule has 2 aliphatic rings. The maximum Gasteiger partial charge on any atom is 0.270 e. The van der Waals surface area contributed by atoms with E-state index >= 15 is 0 Å². The minimum atomic E-state index is -3.87. The van der Waals surface area contributed by atoms with E-state index in [1.807, 2.05) is 0 Å². The minimum Gasteiger partial charge on any atom is -0.356 e. The number of likely N-dealkylation sites (N-methyl/N-ethyl adjacent to an activating group) is 1. The van der Waals surface area contributed by atoms with Gasteiger partial charge in [-0.1, -0.05) is 44.9 Å². The molecule has 2 fully saturated rings. The van der Waals surface area contributed by atoms with Gasteiger partial charge in [-0.05, 0) is 31.7 Å². The van der Waals surface area contributed by atoms with Crippen molar-refractivity contribution in [1.82, 2.24) is 19.5 Å². The second kappa shape index (κ2) is 11.1. The molecule has 1 aromatic rings. The fourth-order valence-electron chi connectivity index (χ4n) is 4.43. The number of aromatic nitrogens is 1. The Balaban J connectivity index is 1.58. The Hall–Kier alpha value is -1.87. The predicted octanol–water partition coefficient (Wildman–Crippen LogP) is 2.88. The SMILES string of the molecule is CN(CC(=O)NC1CCCCCCC1)S(=O)(=O)c1c[nH]c(C(=O)N2CCCCCC2)c1. The van der Waals surface area contributed by atoms with E-state index in [0.717, 1.165) is 55.7 Å². The molecule has 0 atom stereocenters. The summed E-state index contributed by atoms with van der Waals surface area (Å²) in [5.41, 5.74) is 0.271. The van der Waals surface area contributed by atoms with E-state index in [4.69, 9.17) is 0 Å². The number of sulfonamides is 1. The van der Waals surface area contributed by atoms with E-state index in [1.54, 1.807) is 4.90 Å². The quantitative estimate of drug-likeness (QED) is 0.693. The summed E-state index contributed by atoms with van der Waals surface area (Å²) in [6.45, 7) is 1.15. The first-order valence-corrected chi connectivity index (χ1v) is 13.1. The van der Waals surface area contributed by atoms with Crippen LogP contribution < -0.4 is 5.32 Å². The summed E-state index contributed by atoms with van der Waals surface area (Å²) in [7, 11) is -2.47. The van der Waals surface area contributed by atoms with Gasteiger partial charge >= 0.3 is 0 Å². The van der Waals surface area contributed by atoms with Crippen LogP contribution in [0.4, 0.5) is 0 Å². The van der Waals surface area contributed by atoms with Crippen LogP contribution in [0.1, 0.15) is 81.1 Å². The normalized spacial score (nSPS) is 19.5. The molecule has 0 radical (unpaired) electrons. The Morgan fingerprint density at radius 2 is 1.61 bits per heavy atom. The monoisotopic (exact) mass is 452 g/mol. The van der Waals surface area contributed by atoms with Crippen molar-refractivity contribution in [3.8, 4) is 0 Å². The number of nitrogens with zero attached hydrogens (tertiary/aromatic N) is 2. The Labute approximate surface area is 185 Å². The highest BCUT2D eigenvalue weighted by atomic mass is 32.2. The Morgan fingerprint density at radius 1 is 1.03 bits per heavy atom. The van der Waals surface area contributed by atoms with Gasteiger partial charge in [0.1, 0.15) is 10.6 Å². The van der Waals surface area contributed by atoms with Crippen LogP contribution in [0.15, 0.2) is 17.2 Å². The molecule has 174 valence electrons. The first-order valence-electron chi connectivity index (χ1n) is 11.6. The van der Waals surface area contributed by atoms with Crippen LogP contribution in [0.5, 0.6) is 0 Å². The predicted molar refractivity (Wildman–Crippen MR) is 119 cm³/mol. The summed E-state index contributed by atoms with van der Waals surface area (Å²) < 4.78 is 26.9. The maximum atomic E-state index is 12.9. The molecule has 2 amide bonds. The molecule has 31 heavy (non-hydrogen) atoms. The van der Waals surface area contributed by atoms with Crippen LogP contribution in [0.3, 0.4) is 0 Å². The lowest BCUT2D eigenvalue weighted by Gasteiger charge is -2.22. The molecular weight excluding hydrogens is 416 g/mol. The van der Waals surface area contributed by atoms with Crippen LogP contribution in [0, 0.1) is 0 Å². The molecule has 1 aliphatic carbocycles. The van der Waals surface area contributed by atoms with E-state index in [0.29, 0.717) is 13.1 Å². The van der Waals surface area contributed by atoms with Crippen LogP contribution >= 0.6 is 0 Å².